The number of benzene rings is 2. The largest absolute Gasteiger partial charge is 0.463 e. The van der Waals surface area contributed by atoms with Crippen LogP contribution in [0.3, 0.4) is 0 Å². The lowest BCUT2D eigenvalue weighted by Crippen LogP contribution is -2.55. The van der Waals surface area contributed by atoms with Gasteiger partial charge in [0, 0.05) is 55.8 Å². The van der Waals surface area contributed by atoms with Gasteiger partial charge in [-0.25, -0.2) is 8.78 Å². The van der Waals surface area contributed by atoms with E-state index in [1.165, 1.54) is 35.4 Å². The first kappa shape index (κ1) is 35.8. The number of aromatic nitrogens is 2. The Balaban J connectivity index is 1.46. The monoisotopic (exact) mass is 712 g/mol. The topological polar surface area (TPSA) is 128 Å². The minimum absolute atomic E-state index is 0.0221. The second-order valence-electron chi connectivity index (χ2n) is 13.2. The van der Waals surface area contributed by atoms with Crippen LogP contribution in [0.4, 0.5) is 33.5 Å². The van der Waals surface area contributed by atoms with Crippen LogP contribution in [-0.4, -0.2) is 109 Å². The molecule has 2 aliphatic heterocycles. The third kappa shape index (κ3) is 7.54. The summed E-state index contributed by atoms with van der Waals surface area (Å²) in [5.41, 5.74) is 5.53. The van der Waals surface area contributed by atoms with Crippen molar-refractivity contribution in [3.05, 3.63) is 54.3 Å². The van der Waals surface area contributed by atoms with E-state index in [0.717, 1.165) is 6.07 Å². The van der Waals surface area contributed by atoms with Crippen molar-refractivity contribution in [2.45, 2.75) is 37.0 Å². The van der Waals surface area contributed by atoms with Crippen molar-refractivity contribution in [2.75, 3.05) is 71.1 Å². The van der Waals surface area contributed by atoms with Gasteiger partial charge in [0.2, 0.25) is 5.91 Å². The number of nitrogens with zero attached hydrogens (tertiary/aromatic N) is 7. The van der Waals surface area contributed by atoms with Crippen molar-refractivity contribution in [3.8, 4) is 23.2 Å². The highest BCUT2D eigenvalue weighted by Gasteiger charge is 2.43. The van der Waals surface area contributed by atoms with Gasteiger partial charge >= 0.3 is 12.2 Å². The average molecular weight is 713 g/mol. The number of furan rings is 1. The van der Waals surface area contributed by atoms with E-state index in [1.807, 2.05) is 23.9 Å². The molecule has 0 aliphatic carbocycles. The van der Waals surface area contributed by atoms with E-state index in [2.05, 4.69) is 11.1 Å². The fourth-order valence-corrected chi connectivity index (χ4v) is 6.74. The highest BCUT2D eigenvalue weighted by Crippen LogP contribution is 2.44. The van der Waals surface area contributed by atoms with Crippen molar-refractivity contribution in [1.82, 2.24) is 24.7 Å². The van der Waals surface area contributed by atoms with Crippen LogP contribution in [-0.2, 0) is 11.0 Å². The van der Waals surface area contributed by atoms with E-state index < -0.39 is 42.7 Å². The van der Waals surface area contributed by atoms with Gasteiger partial charge in [-0.15, -0.1) is 0 Å². The molecule has 0 unspecified atom stereocenters. The SMILES string of the molecule is CN(C)C/C=C/C(=O)N1CCN(c2nc(OC[C@@H]3CC(F)(F)CN3C)nc3cc(-c4cc(N)ccc4C(F)(F)F)c4ccoc4c23)C[C@@H]1CC#N. The Kier molecular flexibility index (Phi) is 9.80. The molecule has 2 fully saturated rings. The van der Waals surface area contributed by atoms with Crippen LogP contribution in [0, 0.1) is 11.3 Å². The fraction of sp³-hybridized carbons (Fsp3) is 0.429. The number of carbonyl (C=O) groups is 1. The van der Waals surface area contributed by atoms with Crippen molar-refractivity contribution < 1.29 is 35.9 Å². The molecule has 0 radical (unpaired) electrons. The predicted molar refractivity (Wildman–Crippen MR) is 181 cm³/mol. The maximum atomic E-state index is 14.3. The summed E-state index contributed by atoms with van der Waals surface area (Å²) in [7, 11) is 5.32. The Hall–Kier alpha value is -5.01. The smallest absolute Gasteiger partial charge is 0.417 e. The third-order valence-electron chi connectivity index (χ3n) is 9.17. The Morgan fingerprint density at radius 3 is 2.65 bits per heavy atom. The molecule has 270 valence electrons. The third-order valence-corrected chi connectivity index (χ3v) is 9.17. The first-order valence-corrected chi connectivity index (χ1v) is 16.3. The first-order chi connectivity index (χ1) is 24.1. The number of likely N-dealkylation sites (tertiary alicyclic amines) is 1. The number of rotatable bonds is 9. The van der Waals surface area contributed by atoms with Gasteiger partial charge in [0.05, 0.1) is 47.8 Å². The number of piperazine rings is 1. The van der Waals surface area contributed by atoms with E-state index in [0.29, 0.717) is 23.1 Å². The highest BCUT2D eigenvalue weighted by atomic mass is 19.4. The molecule has 51 heavy (non-hydrogen) atoms. The fourth-order valence-electron chi connectivity index (χ4n) is 6.74. The number of nitrogen functional groups attached to an aromatic ring is 1. The van der Waals surface area contributed by atoms with E-state index in [9.17, 15) is 32.0 Å². The number of likely N-dealkylation sites (N-methyl/N-ethyl adjacent to an activating group) is 2. The van der Waals surface area contributed by atoms with Crippen LogP contribution in [0.25, 0.3) is 33.0 Å². The number of halogens is 5. The van der Waals surface area contributed by atoms with Gasteiger partial charge in [0.25, 0.3) is 5.92 Å². The summed E-state index contributed by atoms with van der Waals surface area (Å²) in [6.07, 6.45) is -0.530. The molecule has 1 amide bonds. The highest BCUT2D eigenvalue weighted by molar-refractivity contribution is 6.14. The molecule has 2 aromatic heterocycles. The molecule has 16 heteroatoms. The molecule has 4 aromatic rings. The van der Waals surface area contributed by atoms with Crippen LogP contribution in [0.2, 0.25) is 0 Å². The molecule has 2 aromatic carbocycles. The quantitative estimate of drug-likeness (QED) is 0.137. The van der Waals surface area contributed by atoms with Gasteiger partial charge < -0.3 is 29.6 Å². The zero-order valence-corrected chi connectivity index (χ0v) is 28.3. The van der Waals surface area contributed by atoms with E-state index in [-0.39, 0.29) is 72.5 Å². The van der Waals surface area contributed by atoms with Crippen molar-refractivity contribution in [1.29, 1.82) is 5.26 Å². The summed E-state index contributed by atoms with van der Waals surface area (Å²) in [6.45, 7) is 0.647. The molecule has 0 saturated carbocycles. The molecule has 2 atom stereocenters. The minimum Gasteiger partial charge on any atom is -0.463 e. The minimum atomic E-state index is -4.71. The van der Waals surface area contributed by atoms with E-state index in [1.54, 1.807) is 24.1 Å². The molecular weight excluding hydrogens is 675 g/mol. The van der Waals surface area contributed by atoms with Crippen molar-refractivity contribution in [2.24, 2.45) is 0 Å². The van der Waals surface area contributed by atoms with Gasteiger partial charge in [0.15, 0.2) is 0 Å². The van der Waals surface area contributed by atoms with Gasteiger partial charge in [0.1, 0.15) is 18.0 Å². The number of alkyl halides is 5. The van der Waals surface area contributed by atoms with Crippen LogP contribution in [0.15, 0.2) is 53.2 Å². The number of nitriles is 1. The Morgan fingerprint density at radius 1 is 1.18 bits per heavy atom. The van der Waals surface area contributed by atoms with E-state index >= 15 is 0 Å². The lowest BCUT2D eigenvalue weighted by atomic mass is 9.94. The second-order valence-corrected chi connectivity index (χ2v) is 13.2. The molecule has 6 rings (SSSR count). The standard InChI is InChI=1S/C35H37F5N8O3/c1-45(2)11-4-5-29(49)48-13-12-47(18-22(48)8-10-41)32-30-28(43-33(44-32)51-19-23-17-34(36,37)20-46(23)3)16-25(24-9-14-50-31(24)30)26-15-21(42)6-7-27(26)35(38,39)40/h4-7,9,14-16,22-23H,8,11-13,17-20,42H2,1-3H3/b5-4+/t22-,23-/m0/s1. The number of ether oxygens (including phenoxy) is 1. The Bertz CT molecular complexity index is 2010. The number of anilines is 2. The number of nitrogens with two attached hydrogens (primary N) is 1. The first-order valence-electron chi connectivity index (χ1n) is 16.3. The summed E-state index contributed by atoms with van der Waals surface area (Å²) in [5.74, 6) is -2.83. The van der Waals surface area contributed by atoms with Gasteiger partial charge in [-0.2, -0.15) is 28.4 Å². The summed E-state index contributed by atoms with van der Waals surface area (Å²) in [4.78, 5) is 29.3. The molecule has 0 bridgehead atoms. The lowest BCUT2D eigenvalue weighted by molar-refractivity contribution is -0.137. The summed E-state index contributed by atoms with van der Waals surface area (Å²) in [5, 5.41) is 10.4. The normalized spacial score (nSPS) is 19.8. The maximum absolute atomic E-state index is 14.3. The number of hydrogen-bond acceptors (Lipinski definition) is 10. The zero-order chi connectivity index (χ0) is 36.7. The summed E-state index contributed by atoms with van der Waals surface area (Å²) in [6, 6.07) is 7.17. The predicted octanol–water partition coefficient (Wildman–Crippen LogP) is 5.41. The van der Waals surface area contributed by atoms with Gasteiger partial charge in [-0.3, -0.25) is 9.69 Å². The maximum Gasteiger partial charge on any atom is 0.417 e. The Labute approximate surface area is 290 Å². The van der Waals surface area contributed by atoms with Gasteiger partial charge in [-0.1, -0.05) is 6.08 Å². The number of hydrogen-bond donors (Lipinski definition) is 1. The lowest BCUT2D eigenvalue weighted by Gasteiger charge is -2.41. The summed E-state index contributed by atoms with van der Waals surface area (Å²) < 4.78 is 83.0. The molecule has 2 saturated heterocycles. The van der Waals surface area contributed by atoms with Crippen LogP contribution in [0.1, 0.15) is 18.4 Å². The van der Waals surface area contributed by atoms with Crippen molar-refractivity contribution in [3.63, 3.8) is 0 Å². The number of fused-ring (bicyclic) bond motifs is 3. The number of carbonyl (C=O) groups excluding carboxylic acids is 1. The number of amides is 1. The zero-order valence-electron chi connectivity index (χ0n) is 28.3. The van der Waals surface area contributed by atoms with Gasteiger partial charge in [-0.05, 0) is 62.6 Å². The molecule has 11 nitrogen and oxygen atoms in total. The van der Waals surface area contributed by atoms with Crippen LogP contribution in [0.5, 0.6) is 6.01 Å². The molecule has 0 spiro atoms. The molecule has 2 aliphatic rings. The van der Waals surface area contributed by atoms with E-state index in [4.69, 9.17) is 19.9 Å². The average Bonchev–Trinajstić information content (AvgIpc) is 3.65. The second kappa shape index (κ2) is 14.0. The molecular formula is C35H37F5N8O3. The molecule has 2 N–H and O–H groups in total. The van der Waals surface area contributed by atoms with Crippen LogP contribution >= 0.6 is 0 Å². The van der Waals surface area contributed by atoms with Crippen molar-refractivity contribution >= 4 is 39.3 Å². The van der Waals surface area contributed by atoms with Crippen LogP contribution < -0.4 is 15.4 Å². The summed E-state index contributed by atoms with van der Waals surface area (Å²) >= 11 is 0. The Morgan fingerprint density at radius 2 is 1.96 bits per heavy atom. The molecule has 4 heterocycles.